The fourth-order valence-corrected chi connectivity index (χ4v) is 2.81. The molecule has 2 rings (SSSR count). The van der Waals surface area contributed by atoms with E-state index >= 15 is 0 Å². The van der Waals surface area contributed by atoms with Gasteiger partial charge in [-0.1, -0.05) is 35.9 Å². The maximum atomic E-state index is 6.54. The topological polar surface area (TPSA) is 15.3 Å². The van der Waals surface area contributed by atoms with Crippen molar-refractivity contribution in [2.24, 2.45) is 0 Å². The summed E-state index contributed by atoms with van der Waals surface area (Å²) in [5.74, 6) is 0. The van der Waals surface area contributed by atoms with E-state index in [9.17, 15) is 0 Å². The quantitative estimate of drug-likeness (QED) is 0.828. The van der Waals surface area contributed by atoms with Gasteiger partial charge < -0.3 is 10.2 Å². The van der Waals surface area contributed by atoms with Crippen molar-refractivity contribution in [3.8, 4) is 0 Å². The summed E-state index contributed by atoms with van der Waals surface area (Å²) in [4.78, 5) is 2.26. The number of aryl methyl sites for hydroxylation is 1. The zero-order valence-corrected chi connectivity index (χ0v) is 13.9. The van der Waals surface area contributed by atoms with Crippen molar-refractivity contribution in [3.05, 3.63) is 58.6 Å². The van der Waals surface area contributed by atoms with Crippen molar-refractivity contribution >= 4 is 23.0 Å². The van der Waals surface area contributed by atoms with Crippen LogP contribution in [0.1, 0.15) is 31.0 Å². The van der Waals surface area contributed by atoms with E-state index in [1.54, 1.807) is 0 Å². The molecule has 0 aliphatic heterocycles. The molecule has 0 amide bonds. The maximum Gasteiger partial charge on any atom is 0.0646 e. The molecule has 2 aromatic carbocycles. The lowest BCUT2D eigenvalue weighted by atomic mass is 10.1. The van der Waals surface area contributed by atoms with Crippen LogP contribution in [-0.2, 0) is 0 Å². The van der Waals surface area contributed by atoms with Crippen LogP contribution in [0.3, 0.4) is 0 Å². The Hall–Kier alpha value is -1.51. The van der Waals surface area contributed by atoms with Gasteiger partial charge in [0.05, 0.1) is 10.7 Å². The fourth-order valence-electron chi connectivity index (χ4n) is 2.51. The van der Waals surface area contributed by atoms with Gasteiger partial charge in [0.2, 0.25) is 0 Å². The van der Waals surface area contributed by atoms with Crippen LogP contribution in [0.15, 0.2) is 42.5 Å². The number of hydrogen-bond acceptors (Lipinski definition) is 2. The summed E-state index contributed by atoms with van der Waals surface area (Å²) in [7, 11) is 1.96. The van der Waals surface area contributed by atoms with Gasteiger partial charge in [-0.3, -0.25) is 0 Å². The number of hydrogen-bond donors (Lipinski definition) is 1. The molecule has 1 N–H and O–H groups in total. The summed E-state index contributed by atoms with van der Waals surface area (Å²) < 4.78 is 0. The van der Waals surface area contributed by atoms with Gasteiger partial charge in [-0.2, -0.15) is 0 Å². The monoisotopic (exact) mass is 302 g/mol. The normalized spacial score (nSPS) is 12.2. The van der Waals surface area contributed by atoms with E-state index in [-0.39, 0.29) is 0 Å². The lowest BCUT2D eigenvalue weighted by Gasteiger charge is -2.26. The van der Waals surface area contributed by atoms with Crippen LogP contribution in [0.2, 0.25) is 5.02 Å². The minimum Gasteiger partial charge on any atom is -0.340 e. The zero-order valence-electron chi connectivity index (χ0n) is 13.2. The summed E-state index contributed by atoms with van der Waals surface area (Å²) in [6.07, 6.45) is 0. The molecule has 0 spiro atoms. The number of nitrogens with one attached hydrogen (secondary N) is 1. The van der Waals surface area contributed by atoms with E-state index < -0.39 is 0 Å². The van der Waals surface area contributed by atoms with Crippen LogP contribution in [0.5, 0.6) is 0 Å². The third-order valence-electron chi connectivity index (χ3n) is 3.92. The van der Waals surface area contributed by atoms with Gasteiger partial charge in [-0.25, -0.2) is 0 Å². The number of halogens is 1. The predicted octanol–water partition coefficient (Wildman–Crippen LogP) is 5.09. The Balaban J connectivity index is 2.42. The van der Waals surface area contributed by atoms with Gasteiger partial charge in [0.25, 0.3) is 0 Å². The molecule has 0 aromatic heterocycles. The third-order valence-corrected chi connectivity index (χ3v) is 4.22. The van der Waals surface area contributed by atoms with E-state index in [2.05, 4.69) is 73.5 Å². The van der Waals surface area contributed by atoms with Crippen LogP contribution >= 0.6 is 11.6 Å². The predicted molar refractivity (Wildman–Crippen MR) is 92.8 cm³/mol. The van der Waals surface area contributed by atoms with Crippen LogP contribution < -0.4 is 10.2 Å². The van der Waals surface area contributed by atoms with E-state index in [0.717, 1.165) is 17.3 Å². The Morgan fingerprint density at radius 2 is 1.86 bits per heavy atom. The van der Waals surface area contributed by atoms with Gasteiger partial charge in [0.1, 0.15) is 0 Å². The molecule has 3 heteroatoms. The highest BCUT2D eigenvalue weighted by Gasteiger charge is 2.14. The molecule has 2 aromatic rings. The van der Waals surface area contributed by atoms with Crippen molar-refractivity contribution in [1.29, 1.82) is 0 Å². The average Bonchev–Trinajstić information content (AvgIpc) is 2.50. The molecule has 0 fully saturated rings. The average molecular weight is 303 g/mol. The Kier molecular flexibility index (Phi) is 5.27. The van der Waals surface area contributed by atoms with Gasteiger partial charge in [-0.15, -0.1) is 0 Å². The first-order valence-electron chi connectivity index (χ1n) is 7.38. The van der Waals surface area contributed by atoms with Crippen molar-refractivity contribution in [3.63, 3.8) is 0 Å². The second-order valence-corrected chi connectivity index (χ2v) is 5.66. The zero-order chi connectivity index (χ0) is 15.4. The Bertz CT molecular complexity index is 610. The van der Waals surface area contributed by atoms with Crippen molar-refractivity contribution in [2.45, 2.75) is 26.8 Å². The van der Waals surface area contributed by atoms with Gasteiger partial charge in [0, 0.05) is 18.3 Å². The summed E-state index contributed by atoms with van der Waals surface area (Å²) in [6.45, 7) is 7.28. The molecule has 0 radical (unpaired) electrons. The van der Waals surface area contributed by atoms with Gasteiger partial charge in [0.15, 0.2) is 0 Å². The lowest BCUT2D eigenvalue weighted by molar-refractivity contribution is 0.652. The first-order chi connectivity index (χ1) is 10.1. The number of para-hydroxylation sites is 1. The number of anilines is 2. The van der Waals surface area contributed by atoms with Crippen molar-refractivity contribution < 1.29 is 0 Å². The molecule has 1 unspecified atom stereocenters. The molecule has 0 bridgehead atoms. The minimum absolute atomic E-state index is 0.296. The third kappa shape index (κ3) is 3.39. The molecule has 1 atom stereocenters. The SMILES string of the molecule is CCN(c1ccccc1C)c1ccc(C(C)NC)cc1Cl. The van der Waals surface area contributed by atoms with E-state index in [4.69, 9.17) is 11.6 Å². The number of benzene rings is 2. The van der Waals surface area contributed by atoms with Crippen LogP contribution in [0, 0.1) is 6.92 Å². The Morgan fingerprint density at radius 1 is 1.14 bits per heavy atom. The molecule has 112 valence electrons. The largest absolute Gasteiger partial charge is 0.340 e. The minimum atomic E-state index is 0.296. The molecule has 2 nitrogen and oxygen atoms in total. The van der Waals surface area contributed by atoms with E-state index in [1.807, 2.05) is 7.05 Å². The van der Waals surface area contributed by atoms with Gasteiger partial charge >= 0.3 is 0 Å². The Labute approximate surface area is 132 Å². The molecule has 0 saturated heterocycles. The standard InChI is InChI=1S/C18H23ClN2/c1-5-21(17-9-7-6-8-13(17)2)18-11-10-15(12-16(18)19)14(3)20-4/h6-12,14,20H,5H2,1-4H3. The molecule has 0 aliphatic carbocycles. The molecule has 0 heterocycles. The number of rotatable bonds is 5. The first-order valence-corrected chi connectivity index (χ1v) is 7.76. The molecular formula is C18H23ClN2. The molecular weight excluding hydrogens is 280 g/mol. The van der Waals surface area contributed by atoms with E-state index in [1.165, 1.54) is 16.8 Å². The highest BCUT2D eigenvalue weighted by molar-refractivity contribution is 6.33. The molecule has 21 heavy (non-hydrogen) atoms. The second kappa shape index (κ2) is 6.97. The fraction of sp³-hybridized carbons (Fsp3) is 0.333. The van der Waals surface area contributed by atoms with E-state index in [0.29, 0.717) is 6.04 Å². The van der Waals surface area contributed by atoms with Gasteiger partial charge in [-0.05, 0) is 57.1 Å². The number of nitrogens with zero attached hydrogens (tertiary/aromatic N) is 1. The van der Waals surface area contributed by atoms with Crippen molar-refractivity contribution in [2.75, 3.05) is 18.5 Å². The highest BCUT2D eigenvalue weighted by atomic mass is 35.5. The van der Waals surface area contributed by atoms with Crippen LogP contribution in [-0.4, -0.2) is 13.6 Å². The summed E-state index contributed by atoms with van der Waals surface area (Å²) in [5, 5.41) is 4.03. The smallest absolute Gasteiger partial charge is 0.0646 e. The first kappa shape index (κ1) is 15.9. The molecule has 0 saturated carbocycles. The Morgan fingerprint density at radius 3 is 2.43 bits per heavy atom. The second-order valence-electron chi connectivity index (χ2n) is 5.25. The summed E-state index contributed by atoms with van der Waals surface area (Å²) in [6, 6.07) is 15.0. The van der Waals surface area contributed by atoms with Crippen LogP contribution in [0.25, 0.3) is 0 Å². The lowest BCUT2D eigenvalue weighted by Crippen LogP contribution is -2.18. The van der Waals surface area contributed by atoms with Crippen molar-refractivity contribution in [1.82, 2.24) is 5.32 Å². The summed E-state index contributed by atoms with van der Waals surface area (Å²) in [5.41, 5.74) is 4.71. The van der Waals surface area contributed by atoms with Crippen LogP contribution in [0.4, 0.5) is 11.4 Å². The maximum absolute atomic E-state index is 6.54. The summed E-state index contributed by atoms with van der Waals surface area (Å²) >= 11 is 6.54. The molecule has 0 aliphatic rings. The highest BCUT2D eigenvalue weighted by Crippen LogP contribution is 2.34.